The number of hydrogen-bond donors (Lipinski definition) is 0. The van der Waals surface area contributed by atoms with E-state index in [-0.39, 0.29) is 5.97 Å². The molecule has 13 heavy (non-hydrogen) atoms. The highest BCUT2D eigenvalue weighted by Crippen LogP contribution is 1.93. The van der Waals surface area contributed by atoms with Crippen LogP contribution < -0.4 is 5.19 Å². The predicted octanol–water partition coefficient (Wildman–Crippen LogP) is 1.20. The average Bonchev–Trinajstić information content (AvgIpc) is 2.19. The lowest BCUT2D eigenvalue weighted by Gasteiger charge is -2.10. The summed E-state index contributed by atoms with van der Waals surface area (Å²) in [6, 6.07) is 9.93. The molecule has 0 radical (unpaired) electrons. The van der Waals surface area contributed by atoms with Crippen molar-refractivity contribution >= 4 is 20.2 Å². The molecule has 0 aliphatic heterocycles. The fourth-order valence-electron chi connectivity index (χ4n) is 1.07. The average molecular weight is 194 g/mol. The summed E-state index contributed by atoms with van der Waals surface area (Å²) in [6.07, 6.45) is 0.462. The molecule has 0 aromatic heterocycles. The van der Waals surface area contributed by atoms with Gasteiger partial charge in [0.15, 0.2) is 0 Å². The minimum Gasteiger partial charge on any atom is -0.518 e. The van der Waals surface area contributed by atoms with Crippen molar-refractivity contribution in [1.82, 2.24) is 0 Å². The molecule has 1 unspecified atom stereocenters. The van der Waals surface area contributed by atoms with Crippen LogP contribution in [0.3, 0.4) is 0 Å². The Labute approximate surface area is 80.3 Å². The zero-order valence-electron chi connectivity index (χ0n) is 7.99. The molecule has 0 bridgehead atoms. The van der Waals surface area contributed by atoms with Crippen LogP contribution in [0.5, 0.6) is 0 Å². The van der Waals surface area contributed by atoms with E-state index in [0.29, 0.717) is 6.42 Å². The Morgan fingerprint density at radius 2 is 2.00 bits per heavy atom. The van der Waals surface area contributed by atoms with E-state index in [1.165, 1.54) is 5.19 Å². The third-order valence-electron chi connectivity index (χ3n) is 1.87. The Balaban J connectivity index is 2.59. The molecular weight excluding hydrogens is 180 g/mol. The van der Waals surface area contributed by atoms with E-state index in [0.717, 1.165) is 0 Å². The molecule has 0 spiro atoms. The van der Waals surface area contributed by atoms with Crippen molar-refractivity contribution < 1.29 is 9.22 Å². The van der Waals surface area contributed by atoms with Crippen molar-refractivity contribution in [3.63, 3.8) is 0 Å². The Morgan fingerprint density at radius 1 is 1.38 bits per heavy atom. The van der Waals surface area contributed by atoms with E-state index in [1.54, 1.807) is 0 Å². The van der Waals surface area contributed by atoms with Crippen LogP contribution in [-0.2, 0) is 9.22 Å². The van der Waals surface area contributed by atoms with Crippen LogP contribution in [0, 0.1) is 0 Å². The first-order valence-corrected chi connectivity index (χ1v) is 6.68. The molecule has 1 atom stereocenters. The number of hydrogen-bond acceptors (Lipinski definition) is 2. The molecule has 0 aliphatic carbocycles. The van der Waals surface area contributed by atoms with Gasteiger partial charge in [0.25, 0.3) is 15.0 Å². The summed E-state index contributed by atoms with van der Waals surface area (Å²) in [5.74, 6) is -0.0944. The zero-order valence-corrected chi connectivity index (χ0v) is 9.14. The first-order chi connectivity index (χ1) is 6.24. The largest absolute Gasteiger partial charge is 0.518 e. The molecule has 1 aromatic rings. The van der Waals surface area contributed by atoms with Gasteiger partial charge < -0.3 is 4.43 Å². The van der Waals surface area contributed by atoms with Gasteiger partial charge in [-0.05, 0) is 11.7 Å². The van der Waals surface area contributed by atoms with Gasteiger partial charge in [0.2, 0.25) is 0 Å². The summed E-state index contributed by atoms with van der Waals surface area (Å²) in [7, 11) is -1.49. The molecule has 0 saturated carbocycles. The van der Waals surface area contributed by atoms with E-state index in [9.17, 15) is 4.79 Å². The molecule has 0 heterocycles. The molecule has 0 saturated heterocycles. The maximum absolute atomic E-state index is 11.0. The molecule has 1 rings (SSSR count). The third kappa shape index (κ3) is 3.03. The van der Waals surface area contributed by atoms with Crippen molar-refractivity contribution in [2.24, 2.45) is 0 Å². The highest BCUT2D eigenvalue weighted by molar-refractivity contribution is 6.67. The molecule has 0 fully saturated rings. The maximum atomic E-state index is 11.0. The fraction of sp³-hybridized carbons (Fsp3) is 0.300. The number of benzene rings is 1. The molecular formula is C10H14O2Si. The lowest BCUT2D eigenvalue weighted by Crippen LogP contribution is -2.32. The normalized spacial score (nSPS) is 12.2. The topological polar surface area (TPSA) is 26.3 Å². The second-order valence-electron chi connectivity index (χ2n) is 2.90. The van der Waals surface area contributed by atoms with Crippen LogP contribution in [0.1, 0.15) is 13.3 Å². The number of carbonyl (C=O) groups is 1. The maximum Gasteiger partial charge on any atom is 0.292 e. The molecule has 2 nitrogen and oxygen atoms in total. The van der Waals surface area contributed by atoms with Gasteiger partial charge in [-0.25, -0.2) is 0 Å². The summed E-state index contributed by atoms with van der Waals surface area (Å²) in [5.41, 5.74) is 0. The summed E-state index contributed by atoms with van der Waals surface area (Å²) in [6.45, 7) is 3.83. The Bertz CT molecular complexity index is 272. The highest BCUT2D eigenvalue weighted by Gasteiger charge is 2.11. The third-order valence-corrected chi connectivity index (χ3v) is 3.81. The van der Waals surface area contributed by atoms with Gasteiger partial charge in [0.1, 0.15) is 0 Å². The van der Waals surface area contributed by atoms with E-state index in [1.807, 2.05) is 43.8 Å². The Kier molecular flexibility index (Phi) is 3.70. The smallest absolute Gasteiger partial charge is 0.292 e. The van der Waals surface area contributed by atoms with E-state index in [4.69, 9.17) is 4.43 Å². The van der Waals surface area contributed by atoms with E-state index < -0.39 is 9.04 Å². The predicted molar refractivity (Wildman–Crippen MR) is 55.5 cm³/mol. The second-order valence-corrected chi connectivity index (χ2v) is 5.08. The minimum absolute atomic E-state index is 0.0944. The van der Waals surface area contributed by atoms with Crippen LogP contribution in [0.15, 0.2) is 30.3 Å². The van der Waals surface area contributed by atoms with Crippen LogP contribution >= 0.6 is 0 Å². The molecule has 0 aliphatic rings. The second kappa shape index (κ2) is 4.82. The lowest BCUT2D eigenvalue weighted by atomic mass is 10.4. The molecule has 0 N–H and O–H groups in total. The van der Waals surface area contributed by atoms with Crippen LogP contribution in [0.4, 0.5) is 0 Å². The number of carbonyl (C=O) groups excluding carboxylic acids is 1. The quantitative estimate of drug-likeness (QED) is 0.676. The molecule has 70 valence electrons. The van der Waals surface area contributed by atoms with Crippen molar-refractivity contribution in [1.29, 1.82) is 0 Å². The standard InChI is InChI=1S/C10H14O2Si/c1-3-10(11)12-13(2)9-7-5-4-6-8-9/h4-8,13H,3H2,1-2H3. The Morgan fingerprint density at radius 3 is 2.54 bits per heavy atom. The van der Waals surface area contributed by atoms with Gasteiger partial charge in [-0.3, -0.25) is 4.79 Å². The minimum atomic E-state index is -1.49. The van der Waals surface area contributed by atoms with Crippen molar-refractivity contribution in [2.75, 3.05) is 0 Å². The monoisotopic (exact) mass is 194 g/mol. The van der Waals surface area contributed by atoms with Crippen LogP contribution in [0.25, 0.3) is 0 Å². The molecule has 0 amide bonds. The SMILES string of the molecule is CCC(=O)O[SiH](C)c1ccccc1. The highest BCUT2D eigenvalue weighted by atomic mass is 28.3. The first-order valence-electron chi connectivity index (χ1n) is 4.48. The summed E-state index contributed by atoms with van der Waals surface area (Å²) in [5, 5.41) is 1.17. The zero-order chi connectivity index (χ0) is 9.68. The van der Waals surface area contributed by atoms with Crippen molar-refractivity contribution in [3.8, 4) is 0 Å². The molecule has 3 heteroatoms. The van der Waals surface area contributed by atoms with Gasteiger partial charge in [-0.15, -0.1) is 0 Å². The first kappa shape index (κ1) is 9.99. The number of rotatable bonds is 3. The van der Waals surface area contributed by atoms with Crippen molar-refractivity contribution in [2.45, 2.75) is 19.9 Å². The van der Waals surface area contributed by atoms with E-state index >= 15 is 0 Å². The summed E-state index contributed by atoms with van der Waals surface area (Å²) >= 11 is 0. The van der Waals surface area contributed by atoms with Gasteiger partial charge in [0.05, 0.1) is 0 Å². The summed E-state index contributed by atoms with van der Waals surface area (Å²) < 4.78 is 5.29. The van der Waals surface area contributed by atoms with Gasteiger partial charge in [-0.2, -0.15) is 0 Å². The Hall–Kier alpha value is -1.09. The lowest BCUT2D eigenvalue weighted by molar-refractivity contribution is -0.134. The van der Waals surface area contributed by atoms with Crippen molar-refractivity contribution in [3.05, 3.63) is 30.3 Å². The summed E-state index contributed by atoms with van der Waals surface area (Å²) in [4.78, 5) is 11.0. The van der Waals surface area contributed by atoms with Gasteiger partial charge in [0, 0.05) is 6.42 Å². The van der Waals surface area contributed by atoms with Gasteiger partial charge >= 0.3 is 0 Å². The fourth-order valence-corrected chi connectivity index (χ4v) is 2.53. The van der Waals surface area contributed by atoms with Gasteiger partial charge in [-0.1, -0.05) is 37.3 Å². The van der Waals surface area contributed by atoms with E-state index in [2.05, 4.69) is 0 Å². The molecule has 1 aromatic carbocycles. The van der Waals surface area contributed by atoms with Crippen LogP contribution in [-0.4, -0.2) is 15.0 Å². The van der Waals surface area contributed by atoms with Crippen LogP contribution in [0.2, 0.25) is 6.55 Å².